The largest absolute Gasteiger partial charge is 0.493 e. The van der Waals surface area contributed by atoms with Crippen molar-refractivity contribution in [2.24, 2.45) is 0 Å². The molecule has 2 aromatic carbocycles. The number of hydrogen-bond acceptors (Lipinski definition) is 3. The van der Waals surface area contributed by atoms with Gasteiger partial charge >= 0.3 is 0 Å². The highest BCUT2D eigenvalue weighted by Crippen LogP contribution is 2.28. The van der Waals surface area contributed by atoms with Crippen molar-refractivity contribution < 1.29 is 9.66 Å². The normalized spacial score (nSPS) is 10.3. The average Bonchev–Trinajstić information content (AvgIpc) is 2.40. The molecule has 2 rings (SSSR count). The van der Waals surface area contributed by atoms with Gasteiger partial charge < -0.3 is 4.74 Å². The minimum atomic E-state index is -0.524. The molecule has 0 atom stereocenters. The molecular weight excluding hydrogens is 346 g/mol. The summed E-state index contributed by atoms with van der Waals surface area (Å²) in [6.45, 7) is 0.440. The van der Waals surface area contributed by atoms with E-state index in [-0.39, 0.29) is 10.7 Å². The van der Waals surface area contributed by atoms with Gasteiger partial charge in [0, 0.05) is 10.9 Å². The van der Waals surface area contributed by atoms with Crippen molar-refractivity contribution in [1.29, 1.82) is 0 Å². The average molecular weight is 357 g/mol. The van der Waals surface area contributed by atoms with Crippen LogP contribution in [0.4, 0.5) is 5.69 Å². The third kappa shape index (κ3) is 3.95. The fourth-order valence-electron chi connectivity index (χ4n) is 1.70. The maximum absolute atomic E-state index is 10.8. The Labute approximate surface area is 129 Å². The molecule has 6 heteroatoms. The Morgan fingerprint density at radius 1 is 1.25 bits per heavy atom. The quantitative estimate of drug-likeness (QED) is 0.579. The van der Waals surface area contributed by atoms with E-state index in [2.05, 4.69) is 15.9 Å². The molecule has 0 aliphatic heterocycles. The molecule has 0 saturated heterocycles. The van der Waals surface area contributed by atoms with E-state index in [1.165, 1.54) is 12.1 Å². The minimum Gasteiger partial charge on any atom is -0.493 e. The Hall–Kier alpha value is -1.59. The molecule has 0 aromatic heterocycles. The second kappa shape index (κ2) is 6.72. The van der Waals surface area contributed by atoms with Crippen molar-refractivity contribution in [2.75, 3.05) is 6.61 Å². The van der Waals surface area contributed by atoms with Crippen molar-refractivity contribution in [3.63, 3.8) is 0 Å². The van der Waals surface area contributed by atoms with Gasteiger partial charge in [0.2, 0.25) is 0 Å². The van der Waals surface area contributed by atoms with E-state index >= 15 is 0 Å². The first-order valence-electron chi connectivity index (χ1n) is 5.87. The second-order valence-electron chi connectivity index (χ2n) is 4.10. The zero-order valence-corrected chi connectivity index (χ0v) is 12.7. The molecule has 0 spiro atoms. The minimum absolute atomic E-state index is 0.106. The molecule has 104 valence electrons. The molecule has 0 bridgehead atoms. The molecule has 0 aliphatic rings. The molecule has 2 aromatic rings. The van der Waals surface area contributed by atoms with Crippen LogP contribution < -0.4 is 4.74 Å². The monoisotopic (exact) mass is 355 g/mol. The number of ether oxygens (including phenoxy) is 1. The van der Waals surface area contributed by atoms with Crippen LogP contribution in [0.25, 0.3) is 0 Å². The molecule has 0 fully saturated rings. The van der Waals surface area contributed by atoms with Crippen LogP contribution in [0.15, 0.2) is 46.9 Å². The van der Waals surface area contributed by atoms with E-state index in [0.29, 0.717) is 12.4 Å². The van der Waals surface area contributed by atoms with Gasteiger partial charge in [0.1, 0.15) is 10.8 Å². The molecule has 0 unspecified atom stereocenters. The third-order valence-electron chi connectivity index (χ3n) is 2.66. The zero-order chi connectivity index (χ0) is 14.5. The predicted molar refractivity (Wildman–Crippen MR) is 81.4 cm³/mol. The van der Waals surface area contributed by atoms with Gasteiger partial charge in [0.25, 0.3) is 5.69 Å². The smallest absolute Gasteiger partial charge is 0.291 e. The first-order valence-corrected chi connectivity index (χ1v) is 7.04. The SMILES string of the molecule is O=[N+]([O-])c1cc(OCCc2cccc(Br)c2)ccc1Cl. The lowest BCUT2D eigenvalue weighted by molar-refractivity contribution is -0.384. The van der Waals surface area contributed by atoms with Gasteiger partial charge in [0.15, 0.2) is 0 Å². The van der Waals surface area contributed by atoms with Crippen molar-refractivity contribution in [2.45, 2.75) is 6.42 Å². The Kier molecular flexibility index (Phi) is 4.98. The summed E-state index contributed by atoms with van der Waals surface area (Å²) in [7, 11) is 0. The van der Waals surface area contributed by atoms with Gasteiger partial charge in [-0.05, 0) is 29.8 Å². The second-order valence-corrected chi connectivity index (χ2v) is 5.42. The first kappa shape index (κ1) is 14.8. The summed E-state index contributed by atoms with van der Waals surface area (Å²) in [5, 5.41) is 10.9. The fraction of sp³-hybridized carbons (Fsp3) is 0.143. The summed E-state index contributed by atoms with van der Waals surface area (Å²) in [6.07, 6.45) is 0.718. The molecule has 20 heavy (non-hydrogen) atoms. The van der Waals surface area contributed by atoms with Gasteiger partial charge in [-0.2, -0.15) is 0 Å². The van der Waals surface area contributed by atoms with Crippen LogP contribution in [0.1, 0.15) is 5.56 Å². The standard InChI is InChI=1S/C14H11BrClNO3/c15-11-3-1-2-10(8-11)6-7-20-12-4-5-13(16)14(9-12)17(18)19/h1-5,8-9H,6-7H2. The van der Waals surface area contributed by atoms with Crippen molar-refractivity contribution in [1.82, 2.24) is 0 Å². The summed E-state index contributed by atoms with van der Waals surface area (Å²) in [5.74, 6) is 0.441. The lowest BCUT2D eigenvalue weighted by Gasteiger charge is -2.07. The molecule has 0 N–H and O–H groups in total. The van der Waals surface area contributed by atoms with Crippen LogP contribution in [-0.4, -0.2) is 11.5 Å². The number of nitro groups is 1. The topological polar surface area (TPSA) is 52.4 Å². The highest BCUT2D eigenvalue weighted by molar-refractivity contribution is 9.10. The van der Waals surface area contributed by atoms with E-state index < -0.39 is 4.92 Å². The summed E-state index contributed by atoms with van der Waals surface area (Å²) in [6, 6.07) is 12.3. The predicted octanol–water partition coefficient (Wildman–Crippen LogP) is 4.63. The van der Waals surface area contributed by atoms with Gasteiger partial charge in [-0.3, -0.25) is 10.1 Å². The Morgan fingerprint density at radius 2 is 2.05 bits per heavy atom. The number of hydrogen-bond donors (Lipinski definition) is 0. The summed E-state index contributed by atoms with van der Waals surface area (Å²) in [4.78, 5) is 10.2. The van der Waals surface area contributed by atoms with Crippen LogP contribution in [0.2, 0.25) is 5.02 Å². The van der Waals surface area contributed by atoms with Gasteiger partial charge in [-0.15, -0.1) is 0 Å². The highest BCUT2D eigenvalue weighted by Gasteiger charge is 2.13. The first-order chi connectivity index (χ1) is 9.56. The van der Waals surface area contributed by atoms with E-state index in [9.17, 15) is 10.1 Å². The van der Waals surface area contributed by atoms with E-state index in [1.54, 1.807) is 6.07 Å². The Balaban J connectivity index is 1.97. The number of benzene rings is 2. The highest BCUT2D eigenvalue weighted by atomic mass is 79.9. The maximum atomic E-state index is 10.8. The van der Waals surface area contributed by atoms with Crippen molar-refractivity contribution >= 4 is 33.2 Å². The molecule has 0 aliphatic carbocycles. The van der Waals surface area contributed by atoms with E-state index in [1.807, 2.05) is 24.3 Å². The molecular formula is C14H11BrClNO3. The third-order valence-corrected chi connectivity index (χ3v) is 3.48. The summed E-state index contributed by atoms with van der Waals surface area (Å²) in [5.41, 5.74) is 0.981. The van der Waals surface area contributed by atoms with E-state index in [0.717, 1.165) is 16.5 Å². The Morgan fingerprint density at radius 3 is 2.75 bits per heavy atom. The molecule has 0 saturated carbocycles. The zero-order valence-electron chi connectivity index (χ0n) is 10.4. The van der Waals surface area contributed by atoms with Crippen molar-refractivity contribution in [3.05, 3.63) is 67.6 Å². The van der Waals surface area contributed by atoms with Crippen LogP contribution >= 0.6 is 27.5 Å². The van der Waals surface area contributed by atoms with Crippen LogP contribution in [0.5, 0.6) is 5.75 Å². The van der Waals surface area contributed by atoms with Crippen LogP contribution in [0.3, 0.4) is 0 Å². The van der Waals surface area contributed by atoms with Gasteiger partial charge in [-0.1, -0.05) is 39.7 Å². The van der Waals surface area contributed by atoms with Crippen LogP contribution in [-0.2, 0) is 6.42 Å². The van der Waals surface area contributed by atoms with Crippen molar-refractivity contribution in [3.8, 4) is 5.75 Å². The number of rotatable bonds is 5. The van der Waals surface area contributed by atoms with Gasteiger partial charge in [0.05, 0.1) is 17.6 Å². The lowest BCUT2D eigenvalue weighted by atomic mass is 10.2. The fourth-order valence-corrected chi connectivity index (χ4v) is 2.33. The summed E-state index contributed by atoms with van der Waals surface area (Å²) < 4.78 is 6.53. The maximum Gasteiger partial charge on any atom is 0.291 e. The molecule has 0 radical (unpaired) electrons. The lowest BCUT2D eigenvalue weighted by Crippen LogP contribution is -2.01. The molecule has 0 heterocycles. The van der Waals surface area contributed by atoms with Gasteiger partial charge in [-0.25, -0.2) is 0 Å². The molecule has 0 amide bonds. The van der Waals surface area contributed by atoms with E-state index in [4.69, 9.17) is 16.3 Å². The number of halogens is 2. The van der Waals surface area contributed by atoms with Crippen LogP contribution in [0, 0.1) is 10.1 Å². The number of nitrogens with zero attached hydrogens (tertiary/aromatic N) is 1. The Bertz CT molecular complexity index is 634. The number of nitro benzene ring substituents is 1. The summed E-state index contributed by atoms with van der Waals surface area (Å²) >= 11 is 9.14. The molecule has 4 nitrogen and oxygen atoms in total.